The molecular formula is C16H14ClF2NO2. The third-order valence-corrected chi connectivity index (χ3v) is 3.16. The summed E-state index contributed by atoms with van der Waals surface area (Å²) < 4.78 is 31.9. The maximum absolute atomic E-state index is 13.5. The molecule has 2 rings (SSSR count). The average molecular weight is 326 g/mol. The van der Waals surface area contributed by atoms with E-state index in [9.17, 15) is 13.6 Å². The molecule has 3 nitrogen and oxygen atoms in total. The van der Waals surface area contributed by atoms with Gasteiger partial charge in [0.2, 0.25) is 0 Å². The molecule has 0 saturated carbocycles. The van der Waals surface area contributed by atoms with E-state index in [-0.39, 0.29) is 5.69 Å². The summed E-state index contributed by atoms with van der Waals surface area (Å²) in [4.78, 5) is 12.1. The smallest absolute Gasteiger partial charge is 0.265 e. The minimum absolute atomic E-state index is 0.0976. The van der Waals surface area contributed by atoms with Crippen LogP contribution in [0.5, 0.6) is 5.75 Å². The van der Waals surface area contributed by atoms with E-state index in [1.807, 2.05) is 0 Å². The maximum atomic E-state index is 13.5. The zero-order valence-corrected chi connectivity index (χ0v) is 12.5. The molecule has 0 aromatic heterocycles. The molecule has 0 aliphatic heterocycles. The van der Waals surface area contributed by atoms with Crippen molar-refractivity contribution in [2.45, 2.75) is 19.4 Å². The molecule has 0 aliphatic rings. The van der Waals surface area contributed by atoms with Gasteiger partial charge in [-0.2, -0.15) is 0 Å². The monoisotopic (exact) mass is 325 g/mol. The van der Waals surface area contributed by atoms with E-state index in [1.165, 1.54) is 0 Å². The summed E-state index contributed by atoms with van der Waals surface area (Å²) in [6.45, 7) is 1.76. The van der Waals surface area contributed by atoms with Gasteiger partial charge >= 0.3 is 0 Å². The summed E-state index contributed by atoms with van der Waals surface area (Å²) in [5.74, 6) is -1.63. The first-order valence-electron chi connectivity index (χ1n) is 6.67. The first kappa shape index (κ1) is 16.2. The summed E-state index contributed by atoms with van der Waals surface area (Å²) >= 11 is 5.85. The van der Waals surface area contributed by atoms with Crippen LogP contribution >= 0.6 is 11.6 Å². The molecular weight excluding hydrogens is 312 g/mol. The quantitative estimate of drug-likeness (QED) is 0.884. The zero-order valence-electron chi connectivity index (χ0n) is 11.8. The Kier molecular flexibility index (Phi) is 5.33. The molecule has 6 heteroatoms. The van der Waals surface area contributed by atoms with E-state index in [0.717, 1.165) is 12.1 Å². The van der Waals surface area contributed by atoms with Crippen molar-refractivity contribution in [2.24, 2.45) is 0 Å². The van der Waals surface area contributed by atoms with Crippen LogP contribution in [-0.2, 0) is 4.79 Å². The molecule has 0 spiro atoms. The number of benzene rings is 2. The number of ether oxygens (including phenoxy) is 1. The lowest BCUT2D eigenvalue weighted by Gasteiger charge is -2.17. The largest absolute Gasteiger partial charge is 0.481 e. The molecule has 0 fully saturated rings. The number of carbonyl (C=O) groups is 1. The van der Waals surface area contributed by atoms with E-state index in [1.54, 1.807) is 31.2 Å². The third kappa shape index (κ3) is 4.18. The fourth-order valence-electron chi connectivity index (χ4n) is 1.83. The molecule has 0 bridgehead atoms. The van der Waals surface area contributed by atoms with Crippen LogP contribution in [0.1, 0.15) is 13.3 Å². The lowest BCUT2D eigenvalue weighted by atomic mass is 10.2. The Labute approximate surface area is 131 Å². The van der Waals surface area contributed by atoms with Crippen LogP contribution in [-0.4, -0.2) is 12.0 Å². The second-order valence-corrected chi connectivity index (χ2v) is 5.02. The number of carbonyl (C=O) groups excluding carboxylic acids is 1. The van der Waals surface area contributed by atoms with E-state index < -0.39 is 23.6 Å². The number of anilines is 1. The highest BCUT2D eigenvalue weighted by molar-refractivity contribution is 6.30. The third-order valence-electron chi connectivity index (χ3n) is 2.93. The highest BCUT2D eigenvalue weighted by Gasteiger charge is 2.20. The van der Waals surface area contributed by atoms with Gasteiger partial charge in [0.15, 0.2) is 6.10 Å². The van der Waals surface area contributed by atoms with Gasteiger partial charge in [-0.15, -0.1) is 0 Å². The second kappa shape index (κ2) is 7.22. The maximum Gasteiger partial charge on any atom is 0.265 e. The molecule has 2 aromatic rings. The van der Waals surface area contributed by atoms with Gasteiger partial charge in [-0.25, -0.2) is 8.78 Å². The predicted molar refractivity (Wildman–Crippen MR) is 81.1 cm³/mol. The van der Waals surface area contributed by atoms with Gasteiger partial charge in [0.1, 0.15) is 17.4 Å². The number of nitrogens with one attached hydrogen (secondary N) is 1. The van der Waals surface area contributed by atoms with Crippen molar-refractivity contribution in [3.8, 4) is 5.75 Å². The number of amides is 1. The predicted octanol–water partition coefficient (Wildman–Crippen LogP) is 4.41. The molecule has 1 atom stereocenters. The molecule has 0 heterocycles. The van der Waals surface area contributed by atoms with Crippen molar-refractivity contribution < 1.29 is 18.3 Å². The van der Waals surface area contributed by atoms with Crippen LogP contribution in [0.15, 0.2) is 42.5 Å². The Morgan fingerprint density at radius 2 is 2.05 bits per heavy atom. The first-order valence-corrected chi connectivity index (χ1v) is 7.05. The van der Waals surface area contributed by atoms with E-state index >= 15 is 0 Å². The molecule has 0 unspecified atom stereocenters. The lowest BCUT2D eigenvalue weighted by Crippen LogP contribution is -2.32. The molecule has 0 aliphatic carbocycles. The normalized spacial score (nSPS) is 11.8. The van der Waals surface area contributed by atoms with Crippen molar-refractivity contribution in [2.75, 3.05) is 5.32 Å². The van der Waals surface area contributed by atoms with Crippen molar-refractivity contribution in [3.63, 3.8) is 0 Å². The van der Waals surface area contributed by atoms with E-state index in [0.29, 0.717) is 23.3 Å². The standard InChI is InChI=1S/C16H14ClF2NO2/c1-2-15(22-12-5-3-4-10(17)8-12)16(21)20-14-7-6-11(18)9-13(14)19/h3-9,15H,2H2,1H3,(H,20,21)/t15-/m0/s1. The Hall–Kier alpha value is -2.14. The minimum Gasteiger partial charge on any atom is -0.481 e. The van der Waals surface area contributed by atoms with Gasteiger partial charge in [-0.05, 0) is 36.8 Å². The number of hydrogen-bond acceptors (Lipinski definition) is 2. The topological polar surface area (TPSA) is 38.3 Å². The Morgan fingerprint density at radius 1 is 1.27 bits per heavy atom. The van der Waals surface area contributed by atoms with E-state index in [2.05, 4.69) is 5.32 Å². The van der Waals surface area contributed by atoms with Gasteiger partial charge in [-0.1, -0.05) is 24.6 Å². The van der Waals surface area contributed by atoms with Crippen LogP contribution in [0.3, 0.4) is 0 Å². The number of rotatable bonds is 5. The molecule has 2 aromatic carbocycles. The van der Waals surface area contributed by atoms with Gasteiger partial charge < -0.3 is 10.1 Å². The lowest BCUT2D eigenvalue weighted by molar-refractivity contribution is -0.122. The Morgan fingerprint density at radius 3 is 2.68 bits per heavy atom. The highest BCUT2D eigenvalue weighted by Crippen LogP contribution is 2.20. The molecule has 22 heavy (non-hydrogen) atoms. The zero-order chi connectivity index (χ0) is 16.1. The van der Waals surface area contributed by atoms with Gasteiger partial charge in [0, 0.05) is 11.1 Å². The fourth-order valence-corrected chi connectivity index (χ4v) is 2.01. The molecule has 0 saturated heterocycles. The molecule has 1 amide bonds. The van der Waals surface area contributed by atoms with Crippen LogP contribution in [0.2, 0.25) is 5.02 Å². The second-order valence-electron chi connectivity index (χ2n) is 4.59. The Balaban J connectivity index is 2.08. The summed E-state index contributed by atoms with van der Waals surface area (Å²) in [6.07, 6.45) is -0.441. The summed E-state index contributed by atoms with van der Waals surface area (Å²) in [7, 11) is 0. The summed E-state index contributed by atoms with van der Waals surface area (Å²) in [5, 5.41) is 2.87. The summed E-state index contributed by atoms with van der Waals surface area (Å²) in [5.41, 5.74) is -0.0976. The Bertz CT molecular complexity index is 679. The van der Waals surface area contributed by atoms with Crippen molar-refractivity contribution >= 4 is 23.2 Å². The van der Waals surface area contributed by atoms with Crippen molar-refractivity contribution in [1.29, 1.82) is 0 Å². The van der Waals surface area contributed by atoms with Crippen molar-refractivity contribution in [3.05, 3.63) is 59.1 Å². The SMILES string of the molecule is CC[C@H](Oc1cccc(Cl)c1)C(=O)Nc1ccc(F)cc1F. The molecule has 0 radical (unpaired) electrons. The van der Waals surface area contributed by atoms with Crippen LogP contribution in [0.25, 0.3) is 0 Å². The highest BCUT2D eigenvalue weighted by atomic mass is 35.5. The van der Waals surface area contributed by atoms with Crippen LogP contribution < -0.4 is 10.1 Å². The van der Waals surface area contributed by atoms with E-state index in [4.69, 9.17) is 16.3 Å². The average Bonchev–Trinajstić information content (AvgIpc) is 2.47. The minimum atomic E-state index is -0.842. The molecule has 116 valence electrons. The first-order chi connectivity index (χ1) is 10.5. The van der Waals surface area contributed by atoms with Gasteiger partial charge in [0.25, 0.3) is 5.91 Å². The fraction of sp³-hybridized carbons (Fsp3) is 0.188. The van der Waals surface area contributed by atoms with Crippen molar-refractivity contribution in [1.82, 2.24) is 0 Å². The van der Waals surface area contributed by atoms with Gasteiger partial charge in [0.05, 0.1) is 5.69 Å². The molecule has 1 N–H and O–H groups in total. The van der Waals surface area contributed by atoms with Crippen LogP contribution in [0, 0.1) is 11.6 Å². The summed E-state index contributed by atoms with van der Waals surface area (Å²) in [6, 6.07) is 9.56. The number of halogens is 3. The van der Waals surface area contributed by atoms with Crippen LogP contribution in [0.4, 0.5) is 14.5 Å². The van der Waals surface area contributed by atoms with Gasteiger partial charge in [-0.3, -0.25) is 4.79 Å². The number of hydrogen-bond donors (Lipinski definition) is 1.